The molecule has 2 unspecified atom stereocenters. The fraction of sp³-hybridized carbons (Fsp3) is 0.857. The highest BCUT2D eigenvalue weighted by atomic mass is 35.5. The molecule has 0 radical (unpaired) electrons. The smallest absolute Gasteiger partial charge is 0.0201 e. The van der Waals surface area contributed by atoms with Gasteiger partial charge in [-0.1, -0.05) is 18.5 Å². The van der Waals surface area contributed by atoms with Crippen molar-refractivity contribution >= 4 is 11.6 Å². The van der Waals surface area contributed by atoms with Gasteiger partial charge in [0.1, 0.15) is 0 Å². The summed E-state index contributed by atoms with van der Waals surface area (Å²) in [7, 11) is 0. The van der Waals surface area contributed by atoms with Crippen molar-refractivity contribution in [3.05, 3.63) is 11.1 Å². The maximum absolute atomic E-state index is 5.74. The molecule has 1 aliphatic heterocycles. The van der Waals surface area contributed by atoms with Crippen LogP contribution >= 0.6 is 11.6 Å². The molecule has 1 saturated heterocycles. The Morgan fingerprint density at radius 1 is 1.59 bits per heavy atom. The lowest BCUT2D eigenvalue weighted by molar-refractivity contribution is 0.161. The van der Waals surface area contributed by atoms with E-state index < -0.39 is 0 Å². The second-order valence-corrected chi connectivity index (χ2v) is 5.55. The van der Waals surface area contributed by atoms with Gasteiger partial charge in [-0.05, 0) is 57.7 Å². The van der Waals surface area contributed by atoms with Crippen molar-refractivity contribution in [2.24, 2.45) is 5.92 Å². The summed E-state index contributed by atoms with van der Waals surface area (Å²) in [6.07, 6.45) is 3.89. The molecule has 0 aromatic heterocycles. The Labute approximate surface area is 111 Å². The molecule has 0 spiro atoms. The zero-order chi connectivity index (χ0) is 12.7. The number of halogens is 1. The van der Waals surface area contributed by atoms with Crippen molar-refractivity contribution in [1.82, 2.24) is 10.2 Å². The molecule has 100 valence electrons. The molecule has 2 nitrogen and oxygen atoms in total. The summed E-state index contributed by atoms with van der Waals surface area (Å²) in [5.74, 6) is 0.790. The summed E-state index contributed by atoms with van der Waals surface area (Å²) in [4.78, 5) is 2.53. The lowest BCUT2D eigenvalue weighted by Gasteiger charge is -2.36. The van der Waals surface area contributed by atoms with Crippen molar-refractivity contribution < 1.29 is 0 Å². The largest absolute Gasteiger partial charge is 0.314 e. The van der Waals surface area contributed by atoms with E-state index in [9.17, 15) is 0 Å². The molecule has 1 heterocycles. The predicted molar refractivity (Wildman–Crippen MR) is 76.5 cm³/mol. The molecule has 1 rings (SSSR count). The number of nitrogens with zero attached hydrogens (tertiary/aromatic N) is 1. The van der Waals surface area contributed by atoms with Gasteiger partial charge in [0.2, 0.25) is 0 Å². The van der Waals surface area contributed by atoms with E-state index in [0.717, 1.165) is 19.0 Å². The van der Waals surface area contributed by atoms with Gasteiger partial charge in [-0.2, -0.15) is 0 Å². The highest BCUT2D eigenvalue weighted by molar-refractivity contribution is 6.25. The minimum Gasteiger partial charge on any atom is -0.314 e. The molecule has 0 aromatic rings. The van der Waals surface area contributed by atoms with Crippen LogP contribution in [-0.4, -0.2) is 37.1 Å². The minimum atomic E-state index is 0.637. The van der Waals surface area contributed by atoms with Crippen LogP contribution in [0.4, 0.5) is 0 Å². The highest BCUT2D eigenvalue weighted by Crippen LogP contribution is 2.20. The summed E-state index contributed by atoms with van der Waals surface area (Å²) in [6, 6.07) is 0.637. The van der Waals surface area contributed by atoms with E-state index >= 15 is 0 Å². The van der Waals surface area contributed by atoms with Crippen LogP contribution in [0.2, 0.25) is 0 Å². The molecule has 0 aromatic carbocycles. The fourth-order valence-corrected chi connectivity index (χ4v) is 2.64. The third-order valence-electron chi connectivity index (χ3n) is 3.62. The van der Waals surface area contributed by atoms with Gasteiger partial charge >= 0.3 is 0 Å². The minimum absolute atomic E-state index is 0.637. The lowest BCUT2D eigenvalue weighted by Crippen LogP contribution is -2.45. The monoisotopic (exact) mass is 258 g/mol. The Kier molecular flexibility index (Phi) is 7.17. The normalized spacial score (nSPS) is 24.9. The maximum Gasteiger partial charge on any atom is 0.0201 e. The van der Waals surface area contributed by atoms with Crippen LogP contribution in [0.15, 0.2) is 11.1 Å². The van der Waals surface area contributed by atoms with E-state index in [0.29, 0.717) is 6.04 Å². The molecule has 1 N–H and O–H groups in total. The van der Waals surface area contributed by atoms with Crippen LogP contribution < -0.4 is 5.32 Å². The second-order valence-electron chi connectivity index (χ2n) is 5.34. The number of nitrogens with one attached hydrogen (secondary N) is 1. The first-order chi connectivity index (χ1) is 8.17. The van der Waals surface area contributed by atoms with Crippen molar-refractivity contribution in [1.29, 1.82) is 0 Å². The Hall–Kier alpha value is -0.0500. The van der Waals surface area contributed by atoms with Crippen LogP contribution in [-0.2, 0) is 0 Å². The number of hydrogen-bond donors (Lipinski definition) is 1. The molecule has 0 amide bonds. The first-order valence-corrected chi connectivity index (χ1v) is 7.32. The Bertz CT molecular complexity index is 240. The van der Waals surface area contributed by atoms with Gasteiger partial charge < -0.3 is 5.32 Å². The van der Waals surface area contributed by atoms with Gasteiger partial charge in [-0.3, -0.25) is 4.90 Å². The van der Waals surface area contributed by atoms with Gasteiger partial charge in [0.15, 0.2) is 0 Å². The zero-order valence-corrected chi connectivity index (χ0v) is 12.3. The van der Waals surface area contributed by atoms with E-state index in [1.807, 2.05) is 0 Å². The Balaban J connectivity index is 2.37. The second kappa shape index (κ2) is 8.12. The van der Waals surface area contributed by atoms with E-state index in [4.69, 9.17) is 11.6 Å². The third kappa shape index (κ3) is 5.41. The summed E-state index contributed by atoms with van der Waals surface area (Å²) < 4.78 is 0. The Morgan fingerprint density at radius 3 is 3.00 bits per heavy atom. The van der Waals surface area contributed by atoms with Crippen molar-refractivity contribution in [2.45, 2.75) is 46.1 Å². The average Bonchev–Trinajstić information content (AvgIpc) is 2.36. The topological polar surface area (TPSA) is 15.3 Å². The molecule has 0 bridgehead atoms. The van der Waals surface area contributed by atoms with E-state index in [2.05, 4.69) is 31.0 Å². The number of likely N-dealkylation sites (tertiary alicyclic amines) is 1. The van der Waals surface area contributed by atoms with E-state index in [1.165, 1.54) is 37.9 Å². The van der Waals surface area contributed by atoms with Crippen LogP contribution in [0.5, 0.6) is 0 Å². The van der Waals surface area contributed by atoms with Gasteiger partial charge in [0.25, 0.3) is 0 Å². The van der Waals surface area contributed by atoms with Gasteiger partial charge in [0.05, 0.1) is 0 Å². The summed E-state index contributed by atoms with van der Waals surface area (Å²) in [5, 5.41) is 3.62. The van der Waals surface area contributed by atoms with Gasteiger partial charge in [0, 0.05) is 24.7 Å². The molecule has 1 fully saturated rings. The zero-order valence-electron chi connectivity index (χ0n) is 11.5. The van der Waals surface area contributed by atoms with Crippen molar-refractivity contribution in [3.8, 4) is 0 Å². The highest BCUT2D eigenvalue weighted by Gasteiger charge is 2.23. The molecular weight excluding hydrogens is 232 g/mol. The van der Waals surface area contributed by atoms with Crippen LogP contribution in [0.25, 0.3) is 0 Å². The number of rotatable bonds is 6. The molecule has 0 saturated carbocycles. The molecular formula is C14H27ClN2. The van der Waals surface area contributed by atoms with Gasteiger partial charge in [-0.25, -0.2) is 0 Å². The quantitative estimate of drug-likeness (QED) is 0.787. The first kappa shape index (κ1) is 15.0. The lowest BCUT2D eigenvalue weighted by atomic mass is 9.91. The SMILES string of the molecule is CCCNC(C)C1CCCN(CC(C)=CCl)C1. The third-order valence-corrected chi connectivity index (χ3v) is 4.00. The van der Waals surface area contributed by atoms with Gasteiger partial charge in [-0.15, -0.1) is 0 Å². The molecule has 0 aliphatic carbocycles. The fourth-order valence-electron chi connectivity index (χ4n) is 2.57. The average molecular weight is 259 g/mol. The summed E-state index contributed by atoms with van der Waals surface area (Å²) in [6.45, 7) is 11.3. The summed E-state index contributed by atoms with van der Waals surface area (Å²) in [5.41, 5.74) is 2.98. The van der Waals surface area contributed by atoms with Crippen LogP contribution in [0.1, 0.15) is 40.0 Å². The first-order valence-electron chi connectivity index (χ1n) is 6.89. The number of hydrogen-bond acceptors (Lipinski definition) is 2. The summed E-state index contributed by atoms with van der Waals surface area (Å²) >= 11 is 5.74. The standard InChI is InChI=1S/C14H27ClN2/c1-4-7-16-13(3)14-6-5-8-17(11-14)10-12(2)9-15/h9,13-14,16H,4-8,10-11H2,1-3H3. The van der Waals surface area contributed by atoms with E-state index in [-0.39, 0.29) is 0 Å². The van der Waals surface area contributed by atoms with E-state index in [1.54, 1.807) is 5.54 Å². The molecule has 17 heavy (non-hydrogen) atoms. The molecule has 3 heteroatoms. The molecule has 1 aliphatic rings. The van der Waals surface area contributed by atoms with Crippen LogP contribution in [0, 0.1) is 5.92 Å². The number of piperidine rings is 1. The Morgan fingerprint density at radius 2 is 2.35 bits per heavy atom. The maximum atomic E-state index is 5.74. The molecule has 2 atom stereocenters. The van der Waals surface area contributed by atoms with Crippen molar-refractivity contribution in [2.75, 3.05) is 26.2 Å². The van der Waals surface area contributed by atoms with Crippen molar-refractivity contribution in [3.63, 3.8) is 0 Å². The van der Waals surface area contributed by atoms with Crippen LogP contribution in [0.3, 0.4) is 0 Å². The predicted octanol–water partition coefficient (Wildman–Crippen LogP) is 3.23.